The van der Waals surface area contributed by atoms with Crippen molar-refractivity contribution in [3.8, 4) is 5.75 Å². The Kier molecular flexibility index (Phi) is 4.17. The topological polar surface area (TPSA) is 46.6 Å². The van der Waals surface area contributed by atoms with Gasteiger partial charge in [-0.05, 0) is 24.6 Å². The Morgan fingerprint density at radius 3 is 2.94 bits per heavy atom. The van der Waals surface area contributed by atoms with E-state index in [0.717, 1.165) is 10.9 Å². The Labute approximate surface area is 116 Å². The van der Waals surface area contributed by atoms with Crippen molar-refractivity contribution in [2.45, 2.75) is 19.8 Å². The van der Waals surface area contributed by atoms with Crippen molar-refractivity contribution in [3.05, 3.63) is 22.7 Å². The lowest BCUT2D eigenvalue weighted by atomic mass is 10.2. The standard InChI is InChI=1S/C12H16BrNO3S/c1-2-3-8-18(15,16)14-6-7-17-12-9-10(13)4-5-11(12)14/h4-5,9H,2-3,6-8H2,1H3. The van der Waals surface area contributed by atoms with Crippen LogP contribution in [0.15, 0.2) is 22.7 Å². The van der Waals surface area contributed by atoms with Crippen molar-refractivity contribution in [2.75, 3.05) is 23.2 Å². The van der Waals surface area contributed by atoms with Gasteiger partial charge in [-0.1, -0.05) is 29.3 Å². The van der Waals surface area contributed by atoms with Crippen molar-refractivity contribution in [3.63, 3.8) is 0 Å². The third-order valence-electron chi connectivity index (χ3n) is 2.83. The summed E-state index contributed by atoms with van der Waals surface area (Å²) < 4.78 is 32.3. The van der Waals surface area contributed by atoms with Crippen molar-refractivity contribution in [1.29, 1.82) is 0 Å². The van der Waals surface area contributed by atoms with E-state index < -0.39 is 10.0 Å². The molecule has 1 heterocycles. The first-order valence-electron chi connectivity index (χ1n) is 5.97. The zero-order valence-electron chi connectivity index (χ0n) is 10.2. The Bertz CT molecular complexity index is 530. The largest absolute Gasteiger partial charge is 0.489 e. The van der Waals surface area contributed by atoms with Gasteiger partial charge in [0.15, 0.2) is 0 Å². The minimum Gasteiger partial charge on any atom is -0.489 e. The van der Waals surface area contributed by atoms with Gasteiger partial charge >= 0.3 is 0 Å². The van der Waals surface area contributed by atoms with E-state index in [1.807, 2.05) is 13.0 Å². The molecule has 6 heteroatoms. The van der Waals surface area contributed by atoms with Crippen LogP contribution in [0.1, 0.15) is 19.8 Å². The van der Waals surface area contributed by atoms with Gasteiger partial charge in [-0.3, -0.25) is 4.31 Å². The first-order valence-corrected chi connectivity index (χ1v) is 8.37. The van der Waals surface area contributed by atoms with Gasteiger partial charge in [0.05, 0.1) is 18.0 Å². The Morgan fingerprint density at radius 2 is 2.22 bits per heavy atom. The molecule has 0 bridgehead atoms. The van der Waals surface area contributed by atoms with Gasteiger partial charge in [0.1, 0.15) is 12.4 Å². The third-order valence-corrected chi connectivity index (χ3v) is 5.18. The number of halogens is 1. The fourth-order valence-corrected chi connectivity index (χ4v) is 3.91. The molecular weight excluding hydrogens is 318 g/mol. The predicted molar refractivity (Wildman–Crippen MR) is 75.7 cm³/mol. The zero-order chi connectivity index (χ0) is 13.2. The predicted octanol–water partition coefficient (Wildman–Crippen LogP) is 2.78. The van der Waals surface area contributed by atoms with E-state index in [1.165, 1.54) is 4.31 Å². The summed E-state index contributed by atoms with van der Waals surface area (Å²) >= 11 is 3.35. The van der Waals surface area contributed by atoms with E-state index in [9.17, 15) is 8.42 Å². The lowest BCUT2D eigenvalue weighted by Gasteiger charge is -2.30. The molecule has 0 unspecified atom stereocenters. The molecule has 0 N–H and O–H groups in total. The molecule has 0 amide bonds. The van der Waals surface area contributed by atoms with E-state index in [-0.39, 0.29) is 5.75 Å². The molecule has 0 aromatic heterocycles. The van der Waals surface area contributed by atoms with Crippen LogP contribution in [-0.4, -0.2) is 27.3 Å². The number of anilines is 1. The molecule has 0 saturated carbocycles. The number of sulfonamides is 1. The van der Waals surface area contributed by atoms with E-state index in [1.54, 1.807) is 12.1 Å². The maximum atomic E-state index is 12.3. The highest BCUT2D eigenvalue weighted by molar-refractivity contribution is 9.10. The summed E-state index contributed by atoms with van der Waals surface area (Å²) in [5, 5.41) is 0. The number of fused-ring (bicyclic) bond motifs is 1. The lowest BCUT2D eigenvalue weighted by Crippen LogP contribution is -2.39. The van der Waals surface area contributed by atoms with Crippen LogP contribution in [0.2, 0.25) is 0 Å². The minimum absolute atomic E-state index is 0.193. The first-order chi connectivity index (χ1) is 8.54. The second kappa shape index (κ2) is 5.48. The van der Waals surface area contributed by atoms with E-state index in [4.69, 9.17) is 4.74 Å². The smallest absolute Gasteiger partial charge is 0.235 e. The molecule has 0 radical (unpaired) electrons. The van der Waals surface area contributed by atoms with Crippen LogP contribution in [0.25, 0.3) is 0 Å². The maximum absolute atomic E-state index is 12.3. The second-order valence-electron chi connectivity index (χ2n) is 4.20. The van der Waals surface area contributed by atoms with Gasteiger partial charge < -0.3 is 4.74 Å². The lowest BCUT2D eigenvalue weighted by molar-refractivity contribution is 0.315. The molecule has 1 aromatic rings. The average Bonchev–Trinajstić information content (AvgIpc) is 2.35. The van der Waals surface area contributed by atoms with Crippen LogP contribution >= 0.6 is 15.9 Å². The van der Waals surface area contributed by atoms with Crippen LogP contribution in [0.4, 0.5) is 5.69 Å². The Hall–Kier alpha value is -0.750. The molecule has 0 saturated heterocycles. The Balaban J connectivity index is 2.33. The highest BCUT2D eigenvalue weighted by atomic mass is 79.9. The van der Waals surface area contributed by atoms with Gasteiger partial charge in [-0.15, -0.1) is 0 Å². The summed E-state index contributed by atoms with van der Waals surface area (Å²) in [6.45, 7) is 2.77. The van der Waals surface area contributed by atoms with Gasteiger partial charge in [0.25, 0.3) is 0 Å². The maximum Gasteiger partial charge on any atom is 0.235 e. The highest BCUT2D eigenvalue weighted by Gasteiger charge is 2.27. The van der Waals surface area contributed by atoms with Gasteiger partial charge in [-0.25, -0.2) is 8.42 Å². The molecule has 18 heavy (non-hydrogen) atoms. The molecule has 0 fully saturated rings. The number of unbranched alkanes of at least 4 members (excludes halogenated alkanes) is 1. The molecule has 0 spiro atoms. The van der Waals surface area contributed by atoms with E-state index in [0.29, 0.717) is 31.0 Å². The van der Waals surface area contributed by atoms with Crippen LogP contribution in [0.3, 0.4) is 0 Å². The summed E-state index contributed by atoms with van der Waals surface area (Å²) in [5.74, 6) is 0.814. The molecular formula is C12H16BrNO3S. The SMILES string of the molecule is CCCCS(=O)(=O)N1CCOc2cc(Br)ccc21. The quantitative estimate of drug-likeness (QED) is 0.851. The summed E-state index contributed by atoms with van der Waals surface area (Å²) in [5.41, 5.74) is 0.639. The first kappa shape index (κ1) is 13.7. The molecule has 2 rings (SSSR count). The van der Waals surface area contributed by atoms with Crippen molar-refractivity contribution in [2.24, 2.45) is 0 Å². The van der Waals surface area contributed by atoms with Crippen LogP contribution in [0.5, 0.6) is 5.75 Å². The van der Waals surface area contributed by atoms with E-state index in [2.05, 4.69) is 15.9 Å². The number of hydrogen-bond donors (Lipinski definition) is 0. The molecule has 1 aliphatic rings. The van der Waals surface area contributed by atoms with Crippen LogP contribution in [-0.2, 0) is 10.0 Å². The molecule has 1 aliphatic heterocycles. The summed E-state index contributed by atoms with van der Waals surface area (Å²) in [7, 11) is -3.23. The van der Waals surface area contributed by atoms with Crippen molar-refractivity contribution >= 4 is 31.6 Å². The van der Waals surface area contributed by atoms with E-state index >= 15 is 0 Å². The average molecular weight is 334 g/mol. The number of rotatable bonds is 4. The molecule has 1 aromatic carbocycles. The monoisotopic (exact) mass is 333 g/mol. The normalized spacial score (nSPS) is 15.1. The summed E-state index contributed by atoms with van der Waals surface area (Å²) in [6, 6.07) is 5.41. The number of ether oxygens (including phenoxy) is 1. The van der Waals surface area contributed by atoms with Gasteiger partial charge in [-0.2, -0.15) is 0 Å². The van der Waals surface area contributed by atoms with Gasteiger partial charge in [0.2, 0.25) is 10.0 Å². The molecule has 4 nitrogen and oxygen atoms in total. The summed E-state index contributed by atoms with van der Waals surface area (Å²) in [6.07, 6.45) is 1.56. The van der Waals surface area contributed by atoms with Crippen LogP contribution in [0, 0.1) is 0 Å². The minimum atomic E-state index is -3.23. The fourth-order valence-electron chi connectivity index (χ4n) is 1.89. The van der Waals surface area contributed by atoms with Gasteiger partial charge in [0, 0.05) is 4.47 Å². The Morgan fingerprint density at radius 1 is 1.44 bits per heavy atom. The molecule has 0 aliphatic carbocycles. The van der Waals surface area contributed by atoms with Crippen molar-refractivity contribution in [1.82, 2.24) is 0 Å². The second-order valence-corrected chi connectivity index (χ2v) is 7.13. The molecule has 0 atom stereocenters. The number of hydrogen-bond acceptors (Lipinski definition) is 3. The third kappa shape index (κ3) is 2.80. The summed E-state index contributed by atoms with van der Waals surface area (Å²) in [4.78, 5) is 0. The number of nitrogens with zero attached hydrogens (tertiary/aromatic N) is 1. The van der Waals surface area contributed by atoms with Crippen LogP contribution < -0.4 is 9.04 Å². The van der Waals surface area contributed by atoms with Crippen molar-refractivity contribution < 1.29 is 13.2 Å². The fraction of sp³-hybridized carbons (Fsp3) is 0.500. The number of benzene rings is 1. The zero-order valence-corrected chi connectivity index (χ0v) is 12.6. The molecule has 100 valence electrons. The highest BCUT2D eigenvalue weighted by Crippen LogP contribution is 2.35.